The summed E-state index contributed by atoms with van der Waals surface area (Å²) < 4.78 is 18.0. The normalized spacial score (nSPS) is 20.2. The predicted molar refractivity (Wildman–Crippen MR) is 105 cm³/mol. The van der Waals surface area contributed by atoms with E-state index in [2.05, 4.69) is 0 Å². The van der Waals surface area contributed by atoms with Crippen LogP contribution in [0.4, 0.5) is 10.1 Å². The van der Waals surface area contributed by atoms with Gasteiger partial charge in [-0.2, -0.15) is 0 Å². The van der Waals surface area contributed by atoms with Crippen LogP contribution < -0.4 is 4.90 Å². The highest BCUT2D eigenvalue weighted by Crippen LogP contribution is 2.37. The Hall–Kier alpha value is -3.61. The Morgan fingerprint density at radius 1 is 0.933 bits per heavy atom. The first-order valence-corrected chi connectivity index (χ1v) is 9.54. The molecule has 0 saturated carbocycles. The molecule has 6 nitrogen and oxygen atoms in total. The van der Waals surface area contributed by atoms with Gasteiger partial charge in [0.15, 0.2) is 12.4 Å². The monoisotopic (exact) mass is 407 g/mol. The first-order valence-electron chi connectivity index (χ1n) is 9.54. The van der Waals surface area contributed by atoms with Crippen LogP contribution in [0.15, 0.2) is 60.7 Å². The number of imide groups is 1. The zero-order chi connectivity index (χ0) is 21.3. The van der Waals surface area contributed by atoms with Crippen molar-refractivity contribution in [1.29, 1.82) is 0 Å². The molecule has 4 rings (SSSR count). The molecule has 1 aliphatic heterocycles. The standard InChI is InChI=1S/C23H18FNO5/c24-16-10-8-14(9-11-16)20(26)13-30-23(29)15-4-3-5-17(12-15)25-21(27)18-6-1-2-7-19(18)22(25)28/h1-5,8-12,18-19H,6-7,13H2/t18-,19-/m1/s1. The van der Waals surface area contributed by atoms with Crippen LogP contribution in [0.2, 0.25) is 0 Å². The van der Waals surface area contributed by atoms with E-state index < -0.39 is 24.2 Å². The van der Waals surface area contributed by atoms with Crippen LogP contribution in [0.25, 0.3) is 0 Å². The molecule has 2 aromatic carbocycles. The maximum atomic E-state index is 13.0. The third kappa shape index (κ3) is 3.66. The number of allylic oxidation sites excluding steroid dienone is 2. The first kappa shape index (κ1) is 19.7. The molecule has 0 unspecified atom stereocenters. The van der Waals surface area contributed by atoms with Crippen LogP contribution in [0.3, 0.4) is 0 Å². The van der Waals surface area contributed by atoms with Gasteiger partial charge in [-0.15, -0.1) is 0 Å². The van der Waals surface area contributed by atoms with E-state index >= 15 is 0 Å². The molecule has 1 fully saturated rings. The number of nitrogens with zero attached hydrogens (tertiary/aromatic N) is 1. The molecule has 0 aromatic heterocycles. The highest BCUT2D eigenvalue weighted by Gasteiger charge is 2.47. The first-order chi connectivity index (χ1) is 14.5. The summed E-state index contributed by atoms with van der Waals surface area (Å²) in [5.74, 6) is -2.98. The van der Waals surface area contributed by atoms with Crippen molar-refractivity contribution in [3.63, 3.8) is 0 Å². The third-order valence-electron chi connectivity index (χ3n) is 5.35. The zero-order valence-electron chi connectivity index (χ0n) is 15.9. The second-order valence-corrected chi connectivity index (χ2v) is 7.22. The van der Waals surface area contributed by atoms with Gasteiger partial charge in [-0.3, -0.25) is 19.3 Å². The van der Waals surface area contributed by atoms with Crippen LogP contribution >= 0.6 is 0 Å². The topological polar surface area (TPSA) is 80.8 Å². The van der Waals surface area contributed by atoms with E-state index in [4.69, 9.17) is 4.74 Å². The van der Waals surface area contributed by atoms with Gasteiger partial charge in [-0.05, 0) is 55.3 Å². The molecule has 2 aromatic rings. The molecule has 1 heterocycles. The predicted octanol–water partition coefficient (Wildman–Crippen LogP) is 3.32. The molecule has 7 heteroatoms. The van der Waals surface area contributed by atoms with Crippen molar-refractivity contribution in [3.05, 3.63) is 77.6 Å². The molecular weight excluding hydrogens is 389 g/mol. The van der Waals surface area contributed by atoms with E-state index in [0.29, 0.717) is 18.5 Å². The zero-order valence-corrected chi connectivity index (χ0v) is 15.9. The smallest absolute Gasteiger partial charge is 0.338 e. The van der Waals surface area contributed by atoms with E-state index in [9.17, 15) is 23.6 Å². The highest BCUT2D eigenvalue weighted by atomic mass is 19.1. The van der Waals surface area contributed by atoms with Crippen LogP contribution in [0.1, 0.15) is 33.6 Å². The Morgan fingerprint density at radius 3 is 2.20 bits per heavy atom. The Balaban J connectivity index is 1.46. The molecule has 0 radical (unpaired) electrons. The fourth-order valence-electron chi connectivity index (χ4n) is 3.76. The average molecular weight is 407 g/mol. The van der Waals surface area contributed by atoms with E-state index in [1.165, 1.54) is 24.3 Å². The average Bonchev–Trinajstić information content (AvgIpc) is 3.03. The Kier molecular flexibility index (Phi) is 5.27. The Morgan fingerprint density at radius 2 is 1.57 bits per heavy atom. The molecule has 2 aliphatic rings. The number of ether oxygens (including phenoxy) is 1. The summed E-state index contributed by atoms with van der Waals surface area (Å²) in [7, 11) is 0. The van der Waals surface area contributed by atoms with Crippen molar-refractivity contribution in [1.82, 2.24) is 0 Å². The number of hydrogen-bond acceptors (Lipinski definition) is 5. The van der Waals surface area contributed by atoms with Gasteiger partial charge >= 0.3 is 5.97 Å². The van der Waals surface area contributed by atoms with Gasteiger partial charge in [0, 0.05) is 5.56 Å². The quantitative estimate of drug-likeness (QED) is 0.329. The molecule has 0 bridgehead atoms. The number of amides is 2. The summed E-state index contributed by atoms with van der Waals surface area (Å²) in [5.41, 5.74) is 0.647. The van der Waals surface area contributed by atoms with Crippen molar-refractivity contribution >= 4 is 29.3 Å². The molecule has 1 aliphatic carbocycles. The number of esters is 1. The van der Waals surface area contributed by atoms with E-state index in [-0.39, 0.29) is 34.8 Å². The Bertz CT molecular complexity index is 1030. The maximum absolute atomic E-state index is 13.0. The van der Waals surface area contributed by atoms with Crippen molar-refractivity contribution in [2.75, 3.05) is 11.5 Å². The van der Waals surface area contributed by atoms with Gasteiger partial charge in [0.25, 0.3) is 0 Å². The van der Waals surface area contributed by atoms with Crippen molar-refractivity contribution in [3.8, 4) is 0 Å². The van der Waals surface area contributed by atoms with Gasteiger partial charge in [0.2, 0.25) is 11.8 Å². The molecule has 1 saturated heterocycles. The lowest BCUT2D eigenvalue weighted by atomic mass is 9.85. The van der Waals surface area contributed by atoms with Crippen LogP contribution in [-0.2, 0) is 14.3 Å². The van der Waals surface area contributed by atoms with Crippen LogP contribution in [-0.4, -0.2) is 30.2 Å². The van der Waals surface area contributed by atoms with Crippen molar-refractivity contribution in [2.45, 2.75) is 12.8 Å². The molecule has 152 valence electrons. The van der Waals surface area contributed by atoms with E-state index in [1.807, 2.05) is 12.2 Å². The van der Waals surface area contributed by atoms with E-state index in [0.717, 1.165) is 17.0 Å². The molecule has 30 heavy (non-hydrogen) atoms. The molecule has 0 N–H and O–H groups in total. The van der Waals surface area contributed by atoms with Crippen LogP contribution in [0, 0.1) is 17.7 Å². The fraction of sp³-hybridized carbons (Fsp3) is 0.217. The van der Waals surface area contributed by atoms with Gasteiger partial charge in [0.1, 0.15) is 5.82 Å². The number of Topliss-reactive ketones (excluding diaryl/α,β-unsaturated/α-hetero) is 1. The SMILES string of the molecule is O=C(COC(=O)c1cccc(N2C(=O)[C@@H]3CC=CC[C@H]3C2=O)c1)c1ccc(F)cc1. The van der Waals surface area contributed by atoms with Gasteiger partial charge in [0.05, 0.1) is 23.1 Å². The molecular formula is C23H18FNO5. The maximum Gasteiger partial charge on any atom is 0.338 e. The largest absolute Gasteiger partial charge is 0.454 e. The van der Waals surface area contributed by atoms with Gasteiger partial charge in [-0.1, -0.05) is 18.2 Å². The molecule has 2 atom stereocenters. The third-order valence-corrected chi connectivity index (χ3v) is 5.35. The molecule has 2 amide bonds. The minimum Gasteiger partial charge on any atom is -0.454 e. The number of hydrogen-bond donors (Lipinski definition) is 0. The minimum absolute atomic E-state index is 0.119. The number of carbonyl (C=O) groups is 4. The lowest BCUT2D eigenvalue weighted by molar-refractivity contribution is -0.122. The summed E-state index contributed by atoms with van der Waals surface area (Å²) in [4.78, 5) is 51.0. The van der Waals surface area contributed by atoms with Crippen molar-refractivity contribution in [2.24, 2.45) is 11.8 Å². The number of rotatable bonds is 5. The van der Waals surface area contributed by atoms with Gasteiger partial charge in [-0.25, -0.2) is 9.18 Å². The number of anilines is 1. The van der Waals surface area contributed by atoms with Gasteiger partial charge < -0.3 is 4.74 Å². The lowest BCUT2D eigenvalue weighted by Gasteiger charge is -2.15. The highest BCUT2D eigenvalue weighted by molar-refractivity contribution is 6.22. The van der Waals surface area contributed by atoms with E-state index in [1.54, 1.807) is 12.1 Å². The number of ketones is 1. The summed E-state index contributed by atoms with van der Waals surface area (Å²) in [6.07, 6.45) is 4.86. The number of fused-ring (bicyclic) bond motifs is 1. The summed E-state index contributed by atoms with van der Waals surface area (Å²) in [6.45, 7) is -0.508. The van der Waals surface area contributed by atoms with Crippen LogP contribution in [0.5, 0.6) is 0 Å². The summed E-state index contributed by atoms with van der Waals surface area (Å²) >= 11 is 0. The molecule has 0 spiro atoms. The fourth-order valence-corrected chi connectivity index (χ4v) is 3.76. The number of carbonyl (C=O) groups excluding carboxylic acids is 4. The Labute approximate surface area is 171 Å². The van der Waals surface area contributed by atoms with Crippen molar-refractivity contribution < 1.29 is 28.3 Å². The summed E-state index contributed by atoms with van der Waals surface area (Å²) in [5, 5.41) is 0. The second kappa shape index (κ2) is 8.02. The number of halogens is 1. The second-order valence-electron chi connectivity index (χ2n) is 7.22. The minimum atomic E-state index is -0.759. The lowest BCUT2D eigenvalue weighted by Crippen LogP contribution is -2.31. The number of benzene rings is 2. The summed E-state index contributed by atoms with van der Waals surface area (Å²) in [6, 6.07) is 10.9.